The van der Waals surface area contributed by atoms with Crippen molar-refractivity contribution < 1.29 is 17.9 Å². The molecule has 0 fully saturated rings. The molecule has 0 radical (unpaired) electrons. The third kappa shape index (κ3) is 2.11. The van der Waals surface area contributed by atoms with Crippen LogP contribution in [0, 0.1) is 0 Å². The summed E-state index contributed by atoms with van der Waals surface area (Å²) < 4.78 is 42.6. The van der Waals surface area contributed by atoms with Gasteiger partial charge in [-0.1, -0.05) is 11.6 Å². The lowest BCUT2D eigenvalue weighted by Crippen LogP contribution is -2.35. The second-order valence-corrected chi connectivity index (χ2v) is 4.45. The van der Waals surface area contributed by atoms with Crippen LogP contribution in [0.1, 0.15) is 0 Å². The van der Waals surface area contributed by atoms with E-state index in [1.165, 1.54) is 13.1 Å². The number of halogens is 4. The SMILES string of the molecule is CN1N=C(C(F)(F)F)Oc2nc3cc(Cl)ccc3nc21. The van der Waals surface area contributed by atoms with E-state index < -0.39 is 12.1 Å². The van der Waals surface area contributed by atoms with Gasteiger partial charge >= 0.3 is 12.1 Å². The lowest BCUT2D eigenvalue weighted by Gasteiger charge is -2.23. The van der Waals surface area contributed by atoms with Gasteiger partial charge in [0.05, 0.1) is 11.0 Å². The molecular formula is C11H6ClF3N4O. The van der Waals surface area contributed by atoms with E-state index >= 15 is 0 Å². The molecule has 0 unspecified atom stereocenters. The molecule has 1 aromatic heterocycles. The standard InChI is InChI=1S/C11H6ClF3N4O/c1-19-8-9(20-10(18-19)11(13,14)15)17-7-4-5(12)2-3-6(7)16-8/h2-4H,1H3. The van der Waals surface area contributed by atoms with Crippen LogP contribution in [0.15, 0.2) is 23.3 Å². The van der Waals surface area contributed by atoms with Crippen molar-refractivity contribution in [3.63, 3.8) is 0 Å². The van der Waals surface area contributed by atoms with Gasteiger partial charge in [-0.15, -0.1) is 5.10 Å². The number of ether oxygens (including phenoxy) is 1. The van der Waals surface area contributed by atoms with E-state index in [-0.39, 0.29) is 11.7 Å². The van der Waals surface area contributed by atoms with E-state index in [1.54, 1.807) is 12.1 Å². The molecule has 1 aliphatic rings. The Hall–Kier alpha value is -2.09. The molecule has 0 bridgehead atoms. The average molecular weight is 303 g/mol. The molecule has 0 amide bonds. The molecule has 5 nitrogen and oxygen atoms in total. The van der Waals surface area contributed by atoms with Crippen LogP contribution in [0.4, 0.5) is 19.0 Å². The minimum Gasteiger partial charge on any atom is -0.411 e. The van der Waals surface area contributed by atoms with E-state index in [2.05, 4.69) is 19.8 Å². The van der Waals surface area contributed by atoms with Gasteiger partial charge in [0.1, 0.15) is 0 Å². The van der Waals surface area contributed by atoms with Crippen molar-refractivity contribution in [2.75, 3.05) is 12.1 Å². The lowest BCUT2D eigenvalue weighted by molar-refractivity contribution is -0.0718. The van der Waals surface area contributed by atoms with Crippen molar-refractivity contribution in [2.45, 2.75) is 6.18 Å². The first-order valence-electron chi connectivity index (χ1n) is 5.39. The fourth-order valence-corrected chi connectivity index (χ4v) is 1.86. The monoisotopic (exact) mass is 302 g/mol. The largest absolute Gasteiger partial charge is 0.470 e. The van der Waals surface area contributed by atoms with Crippen molar-refractivity contribution in [1.29, 1.82) is 0 Å². The van der Waals surface area contributed by atoms with Gasteiger partial charge in [0, 0.05) is 12.1 Å². The van der Waals surface area contributed by atoms with Crippen LogP contribution in [0.2, 0.25) is 5.02 Å². The Morgan fingerprint density at radius 1 is 1.20 bits per heavy atom. The van der Waals surface area contributed by atoms with Gasteiger partial charge in [-0.05, 0) is 18.2 Å². The quantitative estimate of drug-likeness (QED) is 0.750. The zero-order chi connectivity index (χ0) is 14.5. The third-order valence-electron chi connectivity index (χ3n) is 2.56. The molecule has 0 spiro atoms. The lowest BCUT2D eigenvalue weighted by atomic mass is 10.3. The van der Waals surface area contributed by atoms with E-state index in [0.29, 0.717) is 16.1 Å². The Labute approximate surface area is 115 Å². The maximum Gasteiger partial charge on any atom is 0.470 e. The number of aromatic nitrogens is 2. The van der Waals surface area contributed by atoms with Crippen LogP contribution in [-0.2, 0) is 0 Å². The maximum absolute atomic E-state index is 12.6. The molecule has 104 valence electrons. The summed E-state index contributed by atoms with van der Waals surface area (Å²) in [5.74, 6) is -1.54. The van der Waals surface area contributed by atoms with Gasteiger partial charge in [-0.3, -0.25) is 0 Å². The zero-order valence-corrected chi connectivity index (χ0v) is 10.7. The highest BCUT2D eigenvalue weighted by atomic mass is 35.5. The van der Waals surface area contributed by atoms with Crippen LogP contribution in [0.25, 0.3) is 11.0 Å². The molecule has 20 heavy (non-hydrogen) atoms. The number of hydrazone groups is 1. The topological polar surface area (TPSA) is 50.6 Å². The molecule has 0 saturated heterocycles. The highest BCUT2D eigenvalue weighted by Gasteiger charge is 2.42. The number of benzene rings is 1. The summed E-state index contributed by atoms with van der Waals surface area (Å²) >= 11 is 5.81. The summed E-state index contributed by atoms with van der Waals surface area (Å²) in [5, 5.41) is 4.67. The van der Waals surface area contributed by atoms with Crippen LogP contribution >= 0.6 is 11.6 Å². The van der Waals surface area contributed by atoms with Gasteiger partial charge in [0.25, 0.3) is 5.88 Å². The Morgan fingerprint density at radius 2 is 1.95 bits per heavy atom. The van der Waals surface area contributed by atoms with Crippen molar-refractivity contribution in [3.05, 3.63) is 23.2 Å². The Balaban J connectivity index is 2.15. The summed E-state index contributed by atoms with van der Waals surface area (Å²) in [6.45, 7) is 0. The first-order chi connectivity index (χ1) is 9.34. The Bertz CT molecular complexity index is 731. The second-order valence-electron chi connectivity index (χ2n) is 4.01. The second kappa shape index (κ2) is 4.20. The Kier molecular flexibility index (Phi) is 2.72. The number of hydrogen-bond acceptors (Lipinski definition) is 5. The molecule has 9 heteroatoms. The zero-order valence-electron chi connectivity index (χ0n) is 9.94. The summed E-state index contributed by atoms with van der Waals surface area (Å²) in [4.78, 5) is 8.16. The van der Waals surface area contributed by atoms with E-state index in [9.17, 15) is 13.2 Å². The third-order valence-corrected chi connectivity index (χ3v) is 2.80. The van der Waals surface area contributed by atoms with Crippen molar-refractivity contribution in [3.8, 4) is 5.88 Å². The fraction of sp³-hybridized carbons (Fsp3) is 0.182. The van der Waals surface area contributed by atoms with Gasteiger partial charge in [0.2, 0.25) is 5.82 Å². The van der Waals surface area contributed by atoms with Crippen LogP contribution < -0.4 is 9.75 Å². The molecule has 2 heterocycles. The van der Waals surface area contributed by atoms with Gasteiger partial charge in [-0.25, -0.2) is 15.0 Å². The molecule has 1 aromatic carbocycles. The number of hydrogen-bond donors (Lipinski definition) is 0. The number of rotatable bonds is 0. The fourth-order valence-electron chi connectivity index (χ4n) is 1.69. The molecule has 2 aromatic rings. The number of fused-ring (bicyclic) bond motifs is 2. The molecule has 0 N–H and O–H groups in total. The number of nitrogens with zero attached hydrogens (tertiary/aromatic N) is 4. The first kappa shape index (κ1) is 12.9. The van der Waals surface area contributed by atoms with Crippen LogP contribution in [0.3, 0.4) is 0 Å². The molecule has 0 atom stereocenters. The minimum absolute atomic E-state index is 0.104. The van der Waals surface area contributed by atoms with Crippen molar-refractivity contribution in [2.24, 2.45) is 5.10 Å². The summed E-state index contributed by atoms with van der Waals surface area (Å²) in [7, 11) is 1.34. The normalized spacial score (nSPS) is 14.8. The number of anilines is 1. The van der Waals surface area contributed by atoms with Crippen LogP contribution in [-0.4, -0.2) is 29.1 Å². The smallest absolute Gasteiger partial charge is 0.411 e. The predicted molar refractivity (Wildman–Crippen MR) is 67.1 cm³/mol. The Morgan fingerprint density at radius 3 is 2.65 bits per heavy atom. The molecule has 3 rings (SSSR count). The van der Waals surface area contributed by atoms with E-state index in [1.807, 2.05) is 0 Å². The van der Waals surface area contributed by atoms with Gasteiger partial charge in [-0.2, -0.15) is 13.2 Å². The minimum atomic E-state index is -4.70. The van der Waals surface area contributed by atoms with Crippen LogP contribution in [0.5, 0.6) is 5.88 Å². The van der Waals surface area contributed by atoms with Gasteiger partial charge < -0.3 is 4.74 Å². The summed E-state index contributed by atoms with van der Waals surface area (Å²) in [6.07, 6.45) is -4.70. The predicted octanol–water partition coefficient (Wildman–Crippen LogP) is 2.99. The van der Waals surface area contributed by atoms with E-state index in [0.717, 1.165) is 5.01 Å². The molecular weight excluding hydrogens is 297 g/mol. The molecule has 0 aliphatic carbocycles. The summed E-state index contributed by atoms with van der Waals surface area (Å²) in [5.41, 5.74) is 0.822. The van der Waals surface area contributed by atoms with Crippen molar-refractivity contribution in [1.82, 2.24) is 9.97 Å². The molecule has 0 saturated carbocycles. The summed E-state index contributed by atoms with van der Waals surface area (Å²) in [6, 6.07) is 4.72. The van der Waals surface area contributed by atoms with E-state index in [4.69, 9.17) is 11.6 Å². The first-order valence-corrected chi connectivity index (χ1v) is 5.77. The number of alkyl halides is 3. The molecule has 1 aliphatic heterocycles. The maximum atomic E-state index is 12.6. The highest BCUT2D eigenvalue weighted by molar-refractivity contribution is 6.31. The van der Waals surface area contributed by atoms with Crippen molar-refractivity contribution >= 4 is 34.3 Å². The highest BCUT2D eigenvalue weighted by Crippen LogP contribution is 2.33. The van der Waals surface area contributed by atoms with Gasteiger partial charge in [0.15, 0.2) is 0 Å². The average Bonchev–Trinajstić information content (AvgIpc) is 2.35.